The molecular weight excluding hydrogens is 308 g/mol. The number of nitrogens with zero attached hydrogens (tertiary/aromatic N) is 6. The Bertz CT molecular complexity index is 759. The maximum Gasteiger partial charge on any atom is 0.311 e. The molecule has 0 saturated carbocycles. The van der Waals surface area contributed by atoms with E-state index < -0.39 is 0 Å². The standard InChI is InChI=1S/C16H20N6O2/c23-22(24)13-6-4-9-17-15(13)20-11-5-7-12(20)16-19-18-14-8-2-1-3-10-21(14)16/h4,6,9,12H,1-3,5,7-8,10-11H2/t12-/m1/s1. The van der Waals surface area contributed by atoms with Crippen molar-refractivity contribution in [2.45, 2.75) is 51.1 Å². The van der Waals surface area contributed by atoms with Gasteiger partial charge >= 0.3 is 5.69 Å². The van der Waals surface area contributed by atoms with Crippen molar-refractivity contribution in [1.29, 1.82) is 0 Å². The van der Waals surface area contributed by atoms with Gasteiger partial charge in [0.05, 0.1) is 11.0 Å². The highest BCUT2D eigenvalue weighted by Gasteiger charge is 2.35. The first kappa shape index (κ1) is 15.0. The molecule has 8 nitrogen and oxygen atoms in total. The van der Waals surface area contributed by atoms with E-state index in [1.54, 1.807) is 12.3 Å². The fourth-order valence-electron chi connectivity index (χ4n) is 3.79. The smallest absolute Gasteiger partial charge is 0.311 e. The second-order valence-electron chi connectivity index (χ2n) is 6.39. The van der Waals surface area contributed by atoms with Crippen molar-refractivity contribution in [3.8, 4) is 0 Å². The Hall–Kier alpha value is -2.51. The summed E-state index contributed by atoms with van der Waals surface area (Å²) < 4.78 is 2.23. The van der Waals surface area contributed by atoms with Gasteiger partial charge in [0.15, 0.2) is 5.82 Å². The Morgan fingerprint density at radius 1 is 1.17 bits per heavy atom. The van der Waals surface area contributed by atoms with Crippen LogP contribution in [-0.4, -0.2) is 31.2 Å². The van der Waals surface area contributed by atoms with E-state index in [2.05, 4.69) is 19.7 Å². The van der Waals surface area contributed by atoms with Crippen LogP contribution in [-0.2, 0) is 13.0 Å². The van der Waals surface area contributed by atoms with E-state index in [1.165, 1.54) is 12.5 Å². The van der Waals surface area contributed by atoms with Gasteiger partial charge in [0, 0.05) is 31.8 Å². The molecule has 2 aliphatic heterocycles. The van der Waals surface area contributed by atoms with Crippen molar-refractivity contribution in [3.63, 3.8) is 0 Å². The molecule has 0 amide bonds. The summed E-state index contributed by atoms with van der Waals surface area (Å²) in [4.78, 5) is 17.3. The van der Waals surface area contributed by atoms with Gasteiger partial charge in [0.25, 0.3) is 0 Å². The Morgan fingerprint density at radius 3 is 2.96 bits per heavy atom. The lowest BCUT2D eigenvalue weighted by Crippen LogP contribution is -2.27. The summed E-state index contributed by atoms with van der Waals surface area (Å²) in [6.07, 6.45) is 7.97. The molecule has 1 atom stereocenters. The molecule has 1 saturated heterocycles. The molecule has 8 heteroatoms. The molecule has 0 aliphatic carbocycles. The van der Waals surface area contributed by atoms with Crippen LogP contribution in [0.2, 0.25) is 0 Å². The van der Waals surface area contributed by atoms with Gasteiger partial charge in [-0.2, -0.15) is 0 Å². The van der Waals surface area contributed by atoms with E-state index in [1.807, 2.05) is 4.90 Å². The summed E-state index contributed by atoms with van der Waals surface area (Å²) in [6.45, 7) is 1.69. The summed E-state index contributed by atoms with van der Waals surface area (Å²) in [5, 5.41) is 20.2. The Kier molecular flexibility index (Phi) is 3.87. The van der Waals surface area contributed by atoms with E-state index in [0.29, 0.717) is 5.82 Å². The van der Waals surface area contributed by atoms with Crippen molar-refractivity contribution in [1.82, 2.24) is 19.7 Å². The molecule has 0 bridgehead atoms. The zero-order valence-electron chi connectivity index (χ0n) is 13.5. The molecule has 126 valence electrons. The minimum absolute atomic E-state index is 0.0120. The van der Waals surface area contributed by atoms with Crippen molar-refractivity contribution < 1.29 is 4.92 Å². The number of fused-ring (bicyclic) bond motifs is 1. The molecule has 2 aliphatic rings. The quantitative estimate of drug-likeness (QED) is 0.635. The van der Waals surface area contributed by atoms with Gasteiger partial charge in [-0.1, -0.05) is 6.42 Å². The molecule has 4 rings (SSSR count). The molecular formula is C16H20N6O2. The van der Waals surface area contributed by atoms with Crippen molar-refractivity contribution in [2.24, 2.45) is 0 Å². The first-order valence-electron chi connectivity index (χ1n) is 8.54. The van der Waals surface area contributed by atoms with Crippen molar-refractivity contribution in [3.05, 3.63) is 40.1 Å². The monoisotopic (exact) mass is 328 g/mol. The first-order chi connectivity index (χ1) is 11.8. The molecule has 2 aromatic rings. The second-order valence-corrected chi connectivity index (χ2v) is 6.39. The average Bonchev–Trinajstić information content (AvgIpc) is 3.15. The predicted molar refractivity (Wildman–Crippen MR) is 87.8 cm³/mol. The minimum Gasteiger partial charge on any atom is -0.341 e. The molecule has 24 heavy (non-hydrogen) atoms. The lowest BCUT2D eigenvalue weighted by molar-refractivity contribution is -0.384. The topological polar surface area (TPSA) is 90.0 Å². The van der Waals surface area contributed by atoms with Gasteiger partial charge in [-0.15, -0.1) is 10.2 Å². The lowest BCUT2D eigenvalue weighted by atomic mass is 10.2. The number of hydrogen-bond acceptors (Lipinski definition) is 6. The van der Waals surface area contributed by atoms with Crippen LogP contribution < -0.4 is 4.90 Å². The van der Waals surface area contributed by atoms with Gasteiger partial charge in [0.1, 0.15) is 5.82 Å². The SMILES string of the molecule is O=[N+]([O-])c1cccnc1N1CCC[C@@H]1c1nnc2n1CCCCC2. The number of pyridine rings is 1. The van der Waals surface area contributed by atoms with E-state index in [0.717, 1.165) is 56.8 Å². The Balaban J connectivity index is 1.72. The molecule has 0 aromatic carbocycles. The molecule has 1 fully saturated rings. The van der Waals surface area contributed by atoms with Gasteiger partial charge in [-0.3, -0.25) is 10.1 Å². The molecule has 0 unspecified atom stereocenters. The maximum absolute atomic E-state index is 11.4. The molecule has 0 spiro atoms. The van der Waals surface area contributed by atoms with E-state index in [4.69, 9.17) is 0 Å². The fraction of sp³-hybridized carbons (Fsp3) is 0.562. The van der Waals surface area contributed by atoms with Crippen LogP contribution >= 0.6 is 0 Å². The maximum atomic E-state index is 11.4. The van der Waals surface area contributed by atoms with Gasteiger partial charge < -0.3 is 9.47 Å². The normalized spacial score (nSPS) is 20.7. The first-order valence-corrected chi connectivity index (χ1v) is 8.54. The number of aromatic nitrogens is 4. The summed E-state index contributed by atoms with van der Waals surface area (Å²) in [5.41, 5.74) is 0.0556. The van der Waals surface area contributed by atoms with E-state index in [-0.39, 0.29) is 16.7 Å². The van der Waals surface area contributed by atoms with Crippen LogP contribution in [0.25, 0.3) is 0 Å². The van der Waals surface area contributed by atoms with E-state index in [9.17, 15) is 10.1 Å². The average molecular weight is 328 g/mol. The second kappa shape index (κ2) is 6.18. The predicted octanol–water partition coefficient (Wildman–Crippen LogP) is 2.65. The zero-order valence-corrected chi connectivity index (χ0v) is 13.5. The van der Waals surface area contributed by atoms with Crippen LogP contribution in [0.4, 0.5) is 11.5 Å². The lowest BCUT2D eigenvalue weighted by Gasteiger charge is -2.25. The number of hydrogen-bond donors (Lipinski definition) is 0. The number of rotatable bonds is 3. The summed E-state index contributed by atoms with van der Waals surface area (Å²) >= 11 is 0. The largest absolute Gasteiger partial charge is 0.341 e. The fourth-order valence-corrected chi connectivity index (χ4v) is 3.79. The highest BCUT2D eigenvalue weighted by Crippen LogP contribution is 2.38. The number of anilines is 1. The van der Waals surface area contributed by atoms with Crippen LogP contribution in [0.5, 0.6) is 0 Å². The Morgan fingerprint density at radius 2 is 2.08 bits per heavy atom. The van der Waals surface area contributed by atoms with Crippen molar-refractivity contribution >= 4 is 11.5 Å². The number of aryl methyl sites for hydroxylation is 1. The van der Waals surface area contributed by atoms with Crippen molar-refractivity contribution in [2.75, 3.05) is 11.4 Å². The van der Waals surface area contributed by atoms with Gasteiger partial charge in [0.2, 0.25) is 5.82 Å². The van der Waals surface area contributed by atoms with Crippen LogP contribution in [0.3, 0.4) is 0 Å². The molecule has 0 radical (unpaired) electrons. The molecule has 0 N–H and O–H groups in total. The van der Waals surface area contributed by atoms with Crippen LogP contribution in [0, 0.1) is 10.1 Å². The third-order valence-electron chi connectivity index (χ3n) is 4.92. The molecule has 4 heterocycles. The summed E-state index contributed by atoms with van der Waals surface area (Å²) in [6, 6.07) is 3.13. The highest BCUT2D eigenvalue weighted by molar-refractivity contribution is 5.58. The highest BCUT2D eigenvalue weighted by atomic mass is 16.6. The third-order valence-corrected chi connectivity index (χ3v) is 4.92. The van der Waals surface area contributed by atoms with Gasteiger partial charge in [-0.25, -0.2) is 4.98 Å². The Labute approximate surface area is 139 Å². The third kappa shape index (κ3) is 2.51. The van der Waals surface area contributed by atoms with E-state index >= 15 is 0 Å². The zero-order chi connectivity index (χ0) is 16.5. The molecule has 2 aromatic heterocycles. The minimum atomic E-state index is -0.359. The summed E-state index contributed by atoms with van der Waals surface area (Å²) in [7, 11) is 0. The number of nitro groups is 1. The van der Waals surface area contributed by atoms with Gasteiger partial charge in [-0.05, 0) is 31.7 Å². The van der Waals surface area contributed by atoms with Crippen LogP contribution in [0.15, 0.2) is 18.3 Å². The summed E-state index contributed by atoms with van der Waals surface area (Å²) in [5.74, 6) is 2.42. The van der Waals surface area contributed by atoms with Crippen LogP contribution in [0.1, 0.15) is 49.8 Å².